The number of halogens is 2. The highest BCUT2D eigenvalue weighted by atomic mass is 35.5. The second-order valence-electron chi connectivity index (χ2n) is 11.7. The van der Waals surface area contributed by atoms with Gasteiger partial charge >= 0.3 is 0 Å². The molecule has 4 fully saturated rings. The highest BCUT2D eigenvalue weighted by Crippen LogP contribution is 2.68. The van der Waals surface area contributed by atoms with Crippen molar-refractivity contribution in [3.8, 4) is 5.75 Å². The van der Waals surface area contributed by atoms with Crippen LogP contribution in [-0.2, 0) is 0 Å². The number of phenolic OH excluding ortho intramolecular Hbond substituents is 1. The van der Waals surface area contributed by atoms with Crippen LogP contribution in [-0.4, -0.2) is 28.6 Å². The van der Waals surface area contributed by atoms with E-state index in [1.807, 2.05) is 0 Å². The number of phenols is 1. The Hall–Kier alpha value is -0.770. The van der Waals surface area contributed by atoms with Gasteiger partial charge in [0.2, 0.25) is 0 Å². The number of hydrogen-bond donors (Lipinski definition) is 2. The number of nitrogens with zero attached hydrogens (tertiary/aromatic N) is 1. The zero-order valence-electron chi connectivity index (χ0n) is 19.4. The van der Waals surface area contributed by atoms with Gasteiger partial charge in [0, 0.05) is 22.2 Å². The van der Waals surface area contributed by atoms with Crippen molar-refractivity contribution in [2.24, 2.45) is 39.5 Å². The molecule has 4 saturated carbocycles. The van der Waals surface area contributed by atoms with Crippen LogP contribution < -0.4 is 0 Å². The molecule has 5 rings (SSSR count). The first-order chi connectivity index (χ1) is 15.2. The number of fused-ring (bicyclic) bond motifs is 5. The molecule has 4 aliphatic carbocycles. The van der Waals surface area contributed by atoms with Gasteiger partial charge in [0.25, 0.3) is 0 Å². The second kappa shape index (κ2) is 8.17. The highest BCUT2D eigenvalue weighted by molar-refractivity contribution is 6.36. The lowest BCUT2D eigenvalue weighted by atomic mass is 9.44. The van der Waals surface area contributed by atoms with Crippen molar-refractivity contribution in [3.05, 3.63) is 27.7 Å². The molecule has 32 heavy (non-hydrogen) atoms. The van der Waals surface area contributed by atoms with Crippen molar-refractivity contribution in [1.29, 1.82) is 0 Å². The quantitative estimate of drug-likeness (QED) is 0.449. The molecule has 0 amide bonds. The summed E-state index contributed by atoms with van der Waals surface area (Å²) in [5, 5.41) is 22.8. The van der Waals surface area contributed by atoms with Gasteiger partial charge in [-0.05, 0) is 92.6 Å². The summed E-state index contributed by atoms with van der Waals surface area (Å²) in [7, 11) is 0. The highest BCUT2D eigenvalue weighted by Gasteiger charge is 2.64. The molecule has 4 aliphatic rings. The number of aliphatic imine (C=N–C) groups is 1. The van der Waals surface area contributed by atoms with Crippen molar-refractivity contribution in [2.75, 3.05) is 6.54 Å². The molecular formula is C27H37Cl2NO2. The fourth-order valence-corrected chi connectivity index (χ4v) is 9.15. The van der Waals surface area contributed by atoms with Crippen LogP contribution in [0, 0.1) is 34.5 Å². The Morgan fingerprint density at radius 3 is 2.59 bits per heavy atom. The predicted molar refractivity (Wildman–Crippen MR) is 132 cm³/mol. The summed E-state index contributed by atoms with van der Waals surface area (Å²) in [4.78, 5) is 4.61. The third-order valence-electron chi connectivity index (χ3n) is 10.5. The van der Waals surface area contributed by atoms with E-state index in [2.05, 4.69) is 18.8 Å². The smallest absolute Gasteiger partial charge is 0.143 e. The summed E-state index contributed by atoms with van der Waals surface area (Å²) < 4.78 is 0. The van der Waals surface area contributed by atoms with Crippen LogP contribution in [0.5, 0.6) is 5.75 Å². The molecule has 176 valence electrons. The average molecular weight is 479 g/mol. The van der Waals surface area contributed by atoms with Crippen LogP contribution in [0.1, 0.15) is 83.6 Å². The summed E-state index contributed by atoms with van der Waals surface area (Å²) in [6, 6.07) is 3.18. The van der Waals surface area contributed by atoms with Crippen LogP contribution >= 0.6 is 23.2 Å². The maximum absolute atomic E-state index is 11.9. The maximum atomic E-state index is 11.9. The van der Waals surface area contributed by atoms with E-state index in [1.165, 1.54) is 51.0 Å². The Bertz CT molecular complexity index is 919. The molecular weight excluding hydrogens is 441 g/mol. The number of aromatic hydroxyl groups is 1. The first-order valence-electron chi connectivity index (χ1n) is 12.6. The van der Waals surface area contributed by atoms with Crippen molar-refractivity contribution in [2.45, 2.75) is 83.7 Å². The minimum atomic E-state index is -0.790. The summed E-state index contributed by atoms with van der Waals surface area (Å²) in [5.41, 5.74) is 0.141. The lowest BCUT2D eigenvalue weighted by Crippen LogP contribution is -2.56. The van der Waals surface area contributed by atoms with E-state index >= 15 is 0 Å². The SMILES string of the molecule is C[C@]12CCCC[C@H]1CC[C@H]1[C@H]3CC[C@](O)(CN=Cc4cc(Cl)cc(Cl)c4O)[C@]3(C)CC[C@@H]12. The second-order valence-corrected chi connectivity index (χ2v) is 12.6. The molecule has 7 atom stereocenters. The van der Waals surface area contributed by atoms with Gasteiger partial charge in [0.1, 0.15) is 5.75 Å². The number of aliphatic hydroxyl groups is 1. The molecule has 0 unspecified atom stereocenters. The van der Waals surface area contributed by atoms with Crippen LogP contribution in [0.25, 0.3) is 0 Å². The third kappa shape index (κ3) is 3.45. The molecule has 0 saturated heterocycles. The van der Waals surface area contributed by atoms with Crippen LogP contribution in [0.4, 0.5) is 0 Å². The lowest BCUT2D eigenvalue weighted by Gasteiger charge is -2.61. The Kier molecular flexibility index (Phi) is 5.87. The molecule has 0 radical (unpaired) electrons. The van der Waals surface area contributed by atoms with E-state index in [-0.39, 0.29) is 16.2 Å². The Balaban J connectivity index is 1.35. The molecule has 0 aromatic heterocycles. The van der Waals surface area contributed by atoms with Crippen molar-refractivity contribution < 1.29 is 10.2 Å². The molecule has 3 nitrogen and oxygen atoms in total. The van der Waals surface area contributed by atoms with Gasteiger partial charge < -0.3 is 10.2 Å². The summed E-state index contributed by atoms with van der Waals surface area (Å²) >= 11 is 12.1. The standard InChI is InChI=1S/C27H37Cl2NO2/c1-25-10-4-3-5-18(25)6-7-20-21(25)8-11-26(2)22(20)9-12-27(26,32)16-30-15-17-13-19(28)14-23(29)24(17)31/h13-15,18,20-22,31-32H,3-12,16H2,1-2H3/t18-,20+,21-,22+,25-,26+,27-/m0/s1. The minimum absolute atomic E-state index is 0.0136. The molecule has 2 N–H and O–H groups in total. The maximum Gasteiger partial charge on any atom is 0.143 e. The van der Waals surface area contributed by atoms with Crippen molar-refractivity contribution in [3.63, 3.8) is 0 Å². The number of hydrogen-bond acceptors (Lipinski definition) is 3. The lowest BCUT2D eigenvalue weighted by molar-refractivity contribution is -0.147. The van der Waals surface area contributed by atoms with Crippen molar-refractivity contribution in [1.82, 2.24) is 0 Å². The molecule has 1 aromatic carbocycles. The predicted octanol–water partition coefficient (Wildman–Crippen LogP) is 7.28. The first-order valence-corrected chi connectivity index (χ1v) is 13.3. The Labute approximate surface area is 202 Å². The molecule has 0 bridgehead atoms. The van der Waals surface area contributed by atoms with E-state index in [0.717, 1.165) is 37.0 Å². The monoisotopic (exact) mass is 477 g/mol. The topological polar surface area (TPSA) is 52.8 Å². The molecule has 1 aromatic rings. The van der Waals surface area contributed by atoms with Crippen LogP contribution in [0.2, 0.25) is 10.0 Å². The Morgan fingerprint density at radius 2 is 1.78 bits per heavy atom. The zero-order chi connectivity index (χ0) is 22.7. The molecule has 0 aliphatic heterocycles. The number of rotatable bonds is 3. The molecule has 0 spiro atoms. The third-order valence-corrected chi connectivity index (χ3v) is 11.1. The molecule has 0 heterocycles. The number of benzene rings is 1. The Morgan fingerprint density at radius 1 is 1.00 bits per heavy atom. The van der Waals surface area contributed by atoms with E-state index in [9.17, 15) is 10.2 Å². The zero-order valence-corrected chi connectivity index (χ0v) is 20.9. The van der Waals surface area contributed by atoms with Gasteiger partial charge in [-0.15, -0.1) is 0 Å². The van der Waals surface area contributed by atoms with Gasteiger partial charge in [-0.2, -0.15) is 0 Å². The summed E-state index contributed by atoms with van der Waals surface area (Å²) in [5.74, 6) is 3.08. The van der Waals surface area contributed by atoms with Gasteiger partial charge in [-0.25, -0.2) is 0 Å². The van der Waals surface area contributed by atoms with Crippen LogP contribution in [0.3, 0.4) is 0 Å². The first kappa shape index (κ1) is 23.0. The van der Waals surface area contributed by atoms with E-state index in [1.54, 1.807) is 12.3 Å². The van der Waals surface area contributed by atoms with Gasteiger partial charge in [0.15, 0.2) is 0 Å². The summed E-state index contributed by atoms with van der Waals surface area (Å²) in [6.45, 7) is 5.30. The van der Waals surface area contributed by atoms with Gasteiger partial charge in [-0.1, -0.05) is 49.9 Å². The average Bonchev–Trinajstić information content (AvgIpc) is 3.02. The normalized spacial score (nSPS) is 43.7. The van der Waals surface area contributed by atoms with Crippen LogP contribution in [0.15, 0.2) is 17.1 Å². The molecule has 5 heteroatoms. The fourth-order valence-electron chi connectivity index (χ4n) is 8.64. The van der Waals surface area contributed by atoms with E-state index in [4.69, 9.17) is 23.2 Å². The van der Waals surface area contributed by atoms with E-state index < -0.39 is 5.60 Å². The van der Waals surface area contributed by atoms with E-state index in [0.29, 0.717) is 28.5 Å². The minimum Gasteiger partial charge on any atom is -0.506 e. The summed E-state index contributed by atoms with van der Waals surface area (Å²) in [6.07, 6.45) is 14.3. The van der Waals surface area contributed by atoms with Gasteiger partial charge in [0.05, 0.1) is 17.2 Å². The largest absolute Gasteiger partial charge is 0.506 e. The van der Waals surface area contributed by atoms with Crippen molar-refractivity contribution >= 4 is 29.4 Å². The van der Waals surface area contributed by atoms with Gasteiger partial charge in [-0.3, -0.25) is 4.99 Å². The fraction of sp³-hybridized carbons (Fsp3) is 0.741.